The summed E-state index contributed by atoms with van der Waals surface area (Å²) in [4.78, 5) is 21.3. The predicted octanol–water partition coefficient (Wildman–Crippen LogP) is 6.36. The number of rotatable bonds is 4. The number of ether oxygens (including phenoxy) is 2. The topological polar surface area (TPSA) is 51.7 Å². The number of thiazole rings is 1. The Bertz CT molecular complexity index is 1310. The molecule has 5 nitrogen and oxygen atoms in total. The van der Waals surface area contributed by atoms with Crippen LogP contribution in [0.3, 0.4) is 0 Å². The first kappa shape index (κ1) is 21.3. The van der Waals surface area contributed by atoms with Gasteiger partial charge in [0.25, 0.3) is 0 Å². The third-order valence-corrected chi connectivity index (χ3v) is 7.98. The van der Waals surface area contributed by atoms with Gasteiger partial charge in [0, 0.05) is 17.7 Å². The number of hydrogen-bond donors (Lipinski definition) is 0. The summed E-state index contributed by atoms with van der Waals surface area (Å²) in [6.07, 6.45) is 1.99. The molecular weight excluding hydrogens is 444 g/mol. The van der Waals surface area contributed by atoms with E-state index in [1.54, 1.807) is 11.3 Å². The van der Waals surface area contributed by atoms with Crippen LogP contribution in [-0.2, 0) is 9.53 Å². The molecule has 1 unspecified atom stereocenters. The fraction of sp³-hybridized carbons (Fsp3) is 0.286. The predicted molar refractivity (Wildman–Crippen MR) is 135 cm³/mol. The second kappa shape index (κ2) is 8.53. The highest BCUT2D eigenvalue weighted by Gasteiger charge is 2.38. The fourth-order valence-electron chi connectivity index (χ4n) is 4.95. The van der Waals surface area contributed by atoms with Crippen LogP contribution in [0.4, 0.5) is 5.13 Å². The molecule has 1 saturated heterocycles. The Morgan fingerprint density at radius 3 is 2.32 bits per heavy atom. The lowest BCUT2D eigenvalue weighted by atomic mass is 9.87. The zero-order valence-electron chi connectivity index (χ0n) is 19.3. The van der Waals surface area contributed by atoms with Gasteiger partial charge in [-0.25, -0.2) is 4.98 Å². The molecule has 1 amide bonds. The number of fused-ring (bicyclic) bond motifs is 3. The third-order valence-electron chi connectivity index (χ3n) is 6.76. The van der Waals surface area contributed by atoms with Gasteiger partial charge in [0.05, 0.1) is 28.8 Å². The van der Waals surface area contributed by atoms with Gasteiger partial charge in [-0.1, -0.05) is 59.9 Å². The van der Waals surface area contributed by atoms with Crippen LogP contribution in [0.1, 0.15) is 41.0 Å². The molecule has 3 aromatic carbocycles. The fourth-order valence-corrected chi connectivity index (χ4v) is 6.08. The van der Waals surface area contributed by atoms with Crippen molar-refractivity contribution in [3.8, 4) is 11.5 Å². The number of benzene rings is 3. The summed E-state index contributed by atoms with van der Waals surface area (Å²) in [5.41, 5.74) is 5.04. The molecule has 6 heteroatoms. The Hall–Kier alpha value is -3.22. The minimum atomic E-state index is -0.461. The minimum Gasteiger partial charge on any atom is -0.457 e. The van der Waals surface area contributed by atoms with E-state index < -0.39 is 5.92 Å². The number of aromatic nitrogens is 1. The monoisotopic (exact) mass is 470 g/mol. The van der Waals surface area contributed by atoms with Crippen LogP contribution in [-0.4, -0.2) is 30.1 Å². The van der Waals surface area contributed by atoms with E-state index in [0.29, 0.717) is 6.54 Å². The average molecular weight is 471 g/mol. The van der Waals surface area contributed by atoms with Gasteiger partial charge < -0.3 is 9.47 Å². The number of nitrogens with zero attached hydrogens (tertiary/aromatic N) is 2. The lowest BCUT2D eigenvalue weighted by Crippen LogP contribution is -2.41. The lowest BCUT2D eigenvalue weighted by Gasteiger charge is -2.32. The average Bonchev–Trinajstić information content (AvgIpc) is 3.54. The summed E-state index contributed by atoms with van der Waals surface area (Å²) < 4.78 is 13.2. The van der Waals surface area contributed by atoms with Gasteiger partial charge in [0.2, 0.25) is 5.91 Å². The van der Waals surface area contributed by atoms with Crippen molar-refractivity contribution in [2.45, 2.75) is 38.7 Å². The van der Waals surface area contributed by atoms with Gasteiger partial charge in [0.1, 0.15) is 11.5 Å². The molecular formula is C28H26N2O3S. The number of anilines is 1. The highest BCUT2D eigenvalue weighted by atomic mass is 32.1. The van der Waals surface area contributed by atoms with Crippen LogP contribution in [0.25, 0.3) is 10.2 Å². The molecule has 0 saturated carbocycles. The summed E-state index contributed by atoms with van der Waals surface area (Å²) in [7, 11) is 0. The van der Waals surface area contributed by atoms with Crippen LogP contribution in [0.15, 0.2) is 60.7 Å². The Balaban J connectivity index is 1.48. The summed E-state index contributed by atoms with van der Waals surface area (Å²) in [5.74, 6) is 1.00. The highest BCUT2D eigenvalue weighted by Crippen LogP contribution is 2.46. The molecule has 0 N–H and O–H groups in total. The van der Waals surface area contributed by atoms with Crippen molar-refractivity contribution < 1.29 is 14.3 Å². The number of carbonyl (C=O) groups is 1. The molecule has 3 heterocycles. The second-order valence-electron chi connectivity index (χ2n) is 9.07. The first-order valence-corrected chi connectivity index (χ1v) is 12.6. The van der Waals surface area contributed by atoms with Crippen molar-refractivity contribution in [2.24, 2.45) is 0 Å². The SMILES string of the molecule is Cc1ccc(C)c2sc(N(CC3CCCO3)C(=O)C3c4ccccc4Oc4ccccc43)nc12. The first-order chi connectivity index (χ1) is 16.6. The minimum absolute atomic E-state index is 0.00747. The van der Waals surface area contributed by atoms with E-state index in [4.69, 9.17) is 14.5 Å². The molecule has 2 aliphatic heterocycles. The van der Waals surface area contributed by atoms with E-state index in [0.717, 1.165) is 63.0 Å². The highest BCUT2D eigenvalue weighted by molar-refractivity contribution is 7.22. The van der Waals surface area contributed by atoms with Crippen molar-refractivity contribution in [3.05, 3.63) is 82.9 Å². The van der Waals surface area contributed by atoms with Crippen LogP contribution >= 0.6 is 11.3 Å². The van der Waals surface area contributed by atoms with E-state index in [2.05, 4.69) is 26.0 Å². The molecule has 0 aliphatic carbocycles. The standard InChI is InChI=1S/C28H26N2O3S/c1-17-13-14-18(2)26-25(17)29-28(34-26)30(16-19-8-7-15-32-19)27(31)24-20-9-3-5-11-22(20)33-23-12-6-4-10-21(23)24/h3-6,9-14,19,24H,7-8,15-16H2,1-2H3. The van der Waals surface area contributed by atoms with E-state index in [9.17, 15) is 4.79 Å². The number of amides is 1. The molecule has 1 aromatic heterocycles. The number of aryl methyl sites for hydroxylation is 2. The largest absolute Gasteiger partial charge is 0.457 e. The first-order valence-electron chi connectivity index (χ1n) is 11.8. The number of para-hydroxylation sites is 2. The Morgan fingerprint density at radius 2 is 1.68 bits per heavy atom. The van der Waals surface area contributed by atoms with Gasteiger partial charge >= 0.3 is 0 Å². The maximum atomic E-state index is 14.4. The molecule has 172 valence electrons. The molecule has 0 radical (unpaired) electrons. The van der Waals surface area contributed by atoms with Crippen LogP contribution in [0.5, 0.6) is 11.5 Å². The zero-order chi connectivity index (χ0) is 23.2. The molecule has 2 aliphatic rings. The van der Waals surface area contributed by atoms with Gasteiger partial charge in [-0.15, -0.1) is 0 Å². The number of hydrogen-bond acceptors (Lipinski definition) is 5. The molecule has 4 aromatic rings. The maximum absolute atomic E-state index is 14.4. The van der Waals surface area contributed by atoms with E-state index in [-0.39, 0.29) is 12.0 Å². The molecule has 34 heavy (non-hydrogen) atoms. The lowest BCUT2D eigenvalue weighted by molar-refractivity contribution is -0.119. The second-order valence-corrected chi connectivity index (χ2v) is 10.0. The Morgan fingerprint density at radius 1 is 1.00 bits per heavy atom. The van der Waals surface area contributed by atoms with Crippen LogP contribution in [0, 0.1) is 13.8 Å². The summed E-state index contributed by atoms with van der Waals surface area (Å²) in [6.45, 7) is 5.41. The quantitative estimate of drug-likeness (QED) is 0.348. The smallest absolute Gasteiger partial charge is 0.241 e. The van der Waals surface area contributed by atoms with Gasteiger partial charge in [-0.3, -0.25) is 9.69 Å². The van der Waals surface area contributed by atoms with Crippen molar-refractivity contribution in [1.82, 2.24) is 4.98 Å². The molecule has 6 rings (SSSR count). The van der Waals surface area contributed by atoms with Crippen molar-refractivity contribution in [1.29, 1.82) is 0 Å². The molecule has 0 bridgehead atoms. The summed E-state index contributed by atoms with van der Waals surface area (Å²) in [6, 6.07) is 19.9. The van der Waals surface area contributed by atoms with Crippen molar-refractivity contribution in [2.75, 3.05) is 18.1 Å². The molecule has 1 atom stereocenters. The number of carbonyl (C=O) groups excluding carboxylic acids is 1. The molecule has 1 fully saturated rings. The van der Waals surface area contributed by atoms with E-state index >= 15 is 0 Å². The summed E-state index contributed by atoms with van der Waals surface area (Å²) in [5, 5.41) is 0.731. The Labute approximate surface area is 203 Å². The van der Waals surface area contributed by atoms with Crippen molar-refractivity contribution in [3.63, 3.8) is 0 Å². The Kier molecular flexibility index (Phi) is 5.35. The van der Waals surface area contributed by atoms with Gasteiger partial charge in [-0.05, 0) is 49.9 Å². The van der Waals surface area contributed by atoms with Crippen LogP contribution < -0.4 is 9.64 Å². The third kappa shape index (κ3) is 3.58. The van der Waals surface area contributed by atoms with E-state index in [1.807, 2.05) is 53.4 Å². The maximum Gasteiger partial charge on any atom is 0.241 e. The van der Waals surface area contributed by atoms with Crippen molar-refractivity contribution >= 4 is 32.6 Å². The zero-order valence-corrected chi connectivity index (χ0v) is 20.1. The van der Waals surface area contributed by atoms with Crippen LogP contribution in [0.2, 0.25) is 0 Å². The normalized spacial score (nSPS) is 17.3. The molecule has 0 spiro atoms. The summed E-state index contributed by atoms with van der Waals surface area (Å²) >= 11 is 1.59. The van der Waals surface area contributed by atoms with E-state index in [1.165, 1.54) is 5.56 Å². The van der Waals surface area contributed by atoms with Gasteiger partial charge in [0.15, 0.2) is 5.13 Å². The van der Waals surface area contributed by atoms with Gasteiger partial charge in [-0.2, -0.15) is 0 Å².